The molecule has 2 unspecified atom stereocenters. The van der Waals surface area contributed by atoms with Crippen LogP contribution in [0.2, 0.25) is 0 Å². The normalized spacial score (nSPS) is 16.7. The SMILES string of the molecule is C=CC(C)=O.CC(=O)/C=C/c1ccc2c(c1)N(C)C(=O)C(NC(=O)OC(C)(C)C)CO2.CN1C(=O)C(NC(=O)OC(C)(C)C)COc2ccc(Br)cc21. The minimum absolute atomic E-state index is 0.00194. The molecule has 2 aromatic carbocycles. The maximum Gasteiger partial charge on any atom is 0.408 e. The first-order valence-electron chi connectivity index (χ1n) is 16.6. The van der Waals surface area contributed by atoms with E-state index in [-0.39, 0.29) is 36.6 Å². The molecule has 0 fully saturated rings. The lowest BCUT2D eigenvalue weighted by atomic mass is 10.1. The predicted molar refractivity (Wildman–Crippen MR) is 205 cm³/mol. The molecule has 15 heteroatoms. The van der Waals surface area contributed by atoms with Crippen LogP contribution in [0.25, 0.3) is 6.08 Å². The number of hydrogen-bond donors (Lipinski definition) is 2. The third-order valence-electron chi connectivity index (χ3n) is 6.87. The van der Waals surface area contributed by atoms with Gasteiger partial charge in [0.15, 0.2) is 11.6 Å². The van der Waals surface area contributed by atoms with Crippen LogP contribution in [0.4, 0.5) is 21.0 Å². The molecule has 0 aromatic heterocycles. The van der Waals surface area contributed by atoms with Gasteiger partial charge in [0.25, 0.3) is 11.8 Å². The summed E-state index contributed by atoms with van der Waals surface area (Å²) in [7, 11) is 3.25. The fraction of sp³-hybridized carbons (Fsp3) is 0.421. The Hall–Kier alpha value is -5.18. The number of benzene rings is 2. The molecule has 2 aliphatic rings. The molecule has 4 amide bonds. The second-order valence-corrected chi connectivity index (χ2v) is 14.8. The zero-order chi connectivity index (χ0) is 40.3. The van der Waals surface area contributed by atoms with Crippen LogP contribution in [0.5, 0.6) is 11.5 Å². The highest BCUT2D eigenvalue weighted by Gasteiger charge is 2.33. The Labute approximate surface area is 319 Å². The van der Waals surface area contributed by atoms with E-state index < -0.39 is 35.5 Å². The average molecular weight is 802 g/mol. The number of carbonyl (C=O) groups is 6. The molecule has 2 N–H and O–H groups in total. The molecule has 2 aliphatic heterocycles. The number of hydrogen-bond acceptors (Lipinski definition) is 10. The summed E-state index contributed by atoms with van der Waals surface area (Å²) in [6.07, 6.45) is 3.08. The van der Waals surface area contributed by atoms with Crippen LogP contribution in [0.1, 0.15) is 61.0 Å². The van der Waals surface area contributed by atoms with Gasteiger partial charge in [-0.05, 0) is 103 Å². The lowest BCUT2D eigenvalue weighted by molar-refractivity contribution is -0.121. The smallest absolute Gasteiger partial charge is 0.408 e. The second kappa shape index (κ2) is 19.1. The molecule has 0 saturated heterocycles. The number of carbonyl (C=O) groups excluding carboxylic acids is 6. The van der Waals surface area contributed by atoms with Crippen LogP contribution in [0.3, 0.4) is 0 Å². The van der Waals surface area contributed by atoms with Crippen molar-refractivity contribution in [2.45, 2.75) is 78.7 Å². The Balaban J connectivity index is 0.000000329. The first kappa shape index (κ1) is 44.0. The molecule has 2 aromatic rings. The quantitative estimate of drug-likeness (QED) is 0.342. The van der Waals surface area contributed by atoms with Crippen molar-refractivity contribution in [2.24, 2.45) is 0 Å². The van der Waals surface area contributed by atoms with E-state index in [0.717, 1.165) is 10.0 Å². The third-order valence-corrected chi connectivity index (χ3v) is 7.37. The number of nitrogens with one attached hydrogen (secondary N) is 2. The van der Waals surface area contributed by atoms with Crippen LogP contribution in [-0.2, 0) is 28.7 Å². The lowest BCUT2D eigenvalue weighted by Crippen LogP contribution is -2.50. The maximum absolute atomic E-state index is 12.7. The van der Waals surface area contributed by atoms with Crippen LogP contribution in [0.15, 0.2) is 59.6 Å². The Morgan fingerprint density at radius 2 is 1.19 bits per heavy atom. The van der Waals surface area contributed by atoms with Gasteiger partial charge in [-0.1, -0.05) is 34.7 Å². The van der Waals surface area contributed by atoms with Crippen molar-refractivity contribution in [1.29, 1.82) is 0 Å². The van der Waals surface area contributed by atoms with Crippen molar-refractivity contribution in [3.8, 4) is 11.5 Å². The van der Waals surface area contributed by atoms with Crippen molar-refractivity contribution in [3.05, 3.63) is 65.2 Å². The summed E-state index contributed by atoms with van der Waals surface area (Å²) < 4.78 is 22.5. The van der Waals surface area contributed by atoms with Gasteiger partial charge in [0.1, 0.15) is 48.0 Å². The first-order chi connectivity index (χ1) is 24.5. The maximum atomic E-state index is 12.7. The summed E-state index contributed by atoms with van der Waals surface area (Å²) in [4.78, 5) is 72.7. The molecule has 0 spiro atoms. The van der Waals surface area contributed by atoms with Crippen LogP contribution >= 0.6 is 15.9 Å². The third kappa shape index (κ3) is 14.8. The largest absolute Gasteiger partial charge is 0.489 e. The van der Waals surface area contributed by atoms with E-state index in [2.05, 4.69) is 33.1 Å². The van der Waals surface area contributed by atoms with Crippen LogP contribution < -0.4 is 29.9 Å². The summed E-state index contributed by atoms with van der Waals surface area (Å²) in [5.74, 6) is 0.485. The average Bonchev–Trinajstić information content (AvgIpc) is 3.23. The van der Waals surface area contributed by atoms with Crippen molar-refractivity contribution in [1.82, 2.24) is 10.6 Å². The molecule has 2 atom stereocenters. The number of fused-ring (bicyclic) bond motifs is 2. The number of rotatable bonds is 5. The van der Waals surface area contributed by atoms with Crippen LogP contribution in [0, 0.1) is 0 Å². The number of ether oxygens (including phenoxy) is 4. The molecule has 288 valence electrons. The fourth-order valence-electron chi connectivity index (χ4n) is 4.41. The first-order valence-corrected chi connectivity index (χ1v) is 17.4. The molecule has 0 radical (unpaired) electrons. The van der Waals surface area contributed by atoms with E-state index in [1.165, 1.54) is 35.8 Å². The molecule has 2 heterocycles. The number of nitrogens with zero attached hydrogens (tertiary/aromatic N) is 2. The number of likely N-dealkylation sites (N-methyl/N-ethyl adjacent to an activating group) is 2. The van der Waals surface area contributed by atoms with Gasteiger partial charge in [0.05, 0.1) is 11.4 Å². The summed E-state index contributed by atoms with van der Waals surface area (Å²) >= 11 is 3.37. The summed E-state index contributed by atoms with van der Waals surface area (Å²) in [6.45, 7) is 16.7. The Kier molecular flexibility index (Phi) is 15.8. The van der Waals surface area contributed by atoms with E-state index in [0.29, 0.717) is 22.9 Å². The molecule has 4 rings (SSSR count). The minimum Gasteiger partial charge on any atom is -0.489 e. The molecular formula is C38H49BrN4O10. The Morgan fingerprint density at radius 1 is 0.774 bits per heavy atom. The summed E-state index contributed by atoms with van der Waals surface area (Å²) in [6, 6.07) is 9.01. The second-order valence-electron chi connectivity index (χ2n) is 13.9. The molecule has 14 nitrogen and oxygen atoms in total. The van der Waals surface area contributed by atoms with Crippen molar-refractivity contribution >= 4 is 68.9 Å². The molecular weight excluding hydrogens is 752 g/mol. The van der Waals surface area contributed by atoms with Gasteiger partial charge in [0, 0.05) is 18.6 Å². The number of allylic oxidation sites excluding steroid dienone is 2. The minimum atomic E-state index is -0.863. The molecule has 0 aliphatic carbocycles. The number of anilines is 2. The van der Waals surface area contributed by atoms with Crippen molar-refractivity contribution in [2.75, 3.05) is 37.1 Å². The van der Waals surface area contributed by atoms with Crippen molar-refractivity contribution < 1.29 is 47.7 Å². The highest BCUT2D eigenvalue weighted by Crippen LogP contribution is 2.34. The number of alkyl carbamates (subject to hydrolysis) is 2. The van der Waals surface area contributed by atoms with E-state index in [4.69, 9.17) is 18.9 Å². The predicted octanol–water partition coefficient (Wildman–Crippen LogP) is 6.00. The lowest BCUT2D eigenvalue weighted by Gasteiger charge is -2.23. The highest BCUT2D eigenvalue weighted by atomic mass is 79.9. The zero-order valence-electron chi connectivity index (χ0n) is 31.8. The summed E-state index contributed by atoms with van der Waals surface area (Å²) in [5, 5.41) is 5.11. The number of halogens is 1. The van der Waals surface area contributed by atoms with Gasteiger partial charge < -0.3 is 39.4 Å². The van der Waals surface area contributed by atoms with Gasteiger partial charge in [-0.25, -0.2) is 9.59 Å². The van der Waals surface area contributed by atoms with E-state index in [9.17, 15) is 28.8 Å². The number of amides is 4. The zero-order valence-corrected chi connectivity index (χ0v) is 33.4. The summed E-state index contributed by atoms with van der Waals surface area (Å²) in [5.41, 5.74) is 0.687. The van der Waals surface area contributed by atoms with E-state index >= 15 is 0 Å². The molecule has 0 saturated carbocycles. The van der Waals surface area contributed by atoms with E-state index in [1.807, 2.05) is 6.07 Å². The fourth-order valence-corrected chi connectivity index (χ4v) is 4.76. The Morgan fingerprint density at radius 3 is 1.58 bits per heavy atom. The standard InChI is InChI=1S/C19H24N2O5.C15H19BrN2O4.C4H6O/c1-12(22)6-7-13-8-9-16-15(10-13)21(5)17(23)14(11-25-16)20-18(24)26-19(2,3)4;1-15(2,3)22-14(20)17-10-8-21-12-6-5-9(16)7-11(12)18(4)13(10)19;1-3-4(2)5/h6-10,14H,11H2,1-5H3,(H,20,24);5-7,10H,8H2,1-4H3,(H,17,20);3H,1H2,2H3/b7-6+;;. The van der Waals surface area contributed by atoms with Crippen LogP contribution in [-0.4, -0.2) is 86.2 Å². The topological polar surface area (TPSA) is 170 Å². The van der Waals surface area contributed by atoms with Gasteiger partial charge in [0.2, 0.25) is 0 Å². The van der Waals surface area contributed by atoms with Crippen molar-refractivity contribution in [3.63, 3.8) is 0 Å². The van der Waals surface area contributed by atoms with Gasteiger partial charge in [-0.15, -0.1) is 0 Å². The Bertz CT molecular complexity index is 1730. The highest BCUT2D eigenvalue weighted by molar-refractivity contribution is 9.10. The van der Waals surface area contributed by atoms with Gasteiger partial charge in [-0.2, -0.15) is 0 Å². The molecule has 0 bridgehead atoms. The van der Waals surface area contributed by atoms with Gasteiger partial charge in [-0.3, -0.25) is 19.2 Å². The monoisotopic (exact) mass is 800 g/mol. The number of ketones is 2. The van der Waals surface area contributed by atoms with E-state index in [1.54, 1.807) is 92.0 Å². The molecule has 53 heavy (non-hydrogen) atoms. The van der Waals surface area contributed by atoms with Gasteiger partial charge >= 0.3 is 12.2 Å².